The summed E-state index contributed by atoms with van der Waals surface area (Å²) in [5, 5.41) is 25.0. The Labute approximate surface area is 300 Å². The summed E-state index contributed by atoms with van der Waals surface area (Å²) < 4.78 is 0. The molecule has 0 bridgehead atoms. The smallest absolute Gasteiger partial charge is 0.427 e. The van der Waals surface area contributed by atoms with Gasteiger partial charge in [0.25, 0.3) is 0 Å². The van der Waals surface area contributed by atoms with Crippen LogP contribution in [0.5, 0.6) is 0 Å². The van der Waals surface area contributed by atoms with Crippen LogP contribution >= 0.6 is 11.6 Å². The van der Waals surface area contributed by atoms with Crippen molar-refractivity contribution in [2.75, 3.05) is 19.6 Å². The first-order valence-electron chi connectivity index (χ1n) is 17.3. The molecule has 0 fully saturated rings. The highest BCUT2D eigenvalue weighted by molar-refractivity contribution is 6.43. The maximum absolute atomic E-state index is 13.5. The zero-order valence-corrected chi connectivity index (χ0v) is 29.9. The number of nitrogens with two attached hydrogens (primary N) is 3. The van der Waals surface area contributed by atoms with Gasteiger partial charge in [-0.1, -0.05) is 61.8 Å². The first-order valence-corrected chi connectivity index (χ1v) is 17.7. The topological polar surface area (TPSA) is 228 Å². The van der Waals surface area contributed by atoms with E-state index in [2.05, 4.69) is 10.6 Å². The van der Waals surface area contributed by atoms with Crippen molar-refractivity contribution < 1.29 is 34.0 Å². The summed E-state index contributed by atoms with van der Waals surface area (Å²) in [5.74, 6) is -4.47. The Balaban J connectivity index is 2.08. The number of unbranched alkanes of at least 4 members (excludes halogenated alkanes) is 2. The lowest BCUT2D eigenvalue weighted by molar-refractivity contribution is -0.134. The predicted molar refractivity (Wildman–Crippen MR) is 196 cm³/mol. The number of hydrogen-bond acceptors (Lipinski definition) is 10. The van der Waals surface area contributed by atoms with E-state index in [1.807, 2.05) is 24.3 Å². The van der Waals surface area contributed by atoms with Gasteiger partial charge in [0, 0.05) is 42.3 Å². The molecule has 10 N–H and O–H groups in total. The van der Waals surface area contributed by atoms with Gasteiger partial charge < -0.3 is 37.9 Å². The fourth-order valence-electron chi connectivity index (χ4n) is 5.43. The van der Waals surface area contributed by atoms with E-state index in [9.17, 15) is 34.0 Å². The van der Waals surface area contributed by atoms with E-state index >= 15 is 0 Å². The summed E-state index contributed by atoms with van der Waals surface area (Å²) in [6.07, 6.45) is 2.48. The second kappa shape index (κ2) is 22.4. The molecule has 2 aromatic rings. The van der Waals surface area contributed by atoms with Crippen molar-refractivity contribution in [3.05, 3.63) is 59.1 Å². The van der Waals surface area contributed by atoms with Gasteiger partial charge in [0.1, 0.15) is 0 Å². The molecule has 2 amide bonds. The first kappa shape index (κ1) is 42.7. The van der Waals surface area contributed by atoms with Gasteiger partial charge in [0.15, 0.2) is 17.3 Å². The van der Waals surface area contributed by atoms with E-state index < -0.39 is 48.7 Å². The van der Waals surface area contributed by atoms with Crippen molar-refractivity contribution in [2.24, 2.45) is 29.0 Å². The maximum atomic E-state index is 13.5. The Kier molecular flexibility index (Phi) is 19.1. The zero-order valence-electron chi connectivity index (χ0n) is 29.1. The van der Waals surface area contributed by atoms with Crippen LogP contribution in [-0.4, -0.2) is 78.0 Å². The third kappa shape index (κ3) is 14.4. The second-order valence-corrected chi connectivity index (χ2v) is 13.4. The Hall–Kier alpha value is -3.46. The largest absolute Gasteiger partial charge is 0.454 e. The van der Waals surface area contributed by atoms with E-state index in [0.717, 1.165) is 11.1 Å². The van der Waals surface area contributed by atoms with Gasteiger partial charge in [-0.15, -0.1) is 0 Å². The van der Waals surface area contributed by atoms with Gasteiger partial charge in [-0.25, -0.2) is 0 Å². The maximum Gasteiger partial charge on any atom is 0.454 e. The molecular formula is C36H53BClN5O7. The molecule has 0 saturated carbocycles. The SMILES string of the molecule is C[C@H](CC(=O)[C@H](CCCCN)NC(=O)[C@H](C)CC(=O)[C@H](CCCCN)NC(=O)[C@H](CN)CC(=O)c1ccc(-c2ccc(Cl)cc2)cc1)B(O)O. The molecule has 14 heteroatoms. The van der Waals surface area contributed by atoms with Crippen molar-refractivity contribution >= 4 is 47.9 Å². The Morgan fingerprint density at radius 2 is 1.18 bits per heavy atom. The summed E-state index contributed by atoms with van der Waals surface area (Å²) in [6, 6.07) is 12.5. The molecule has 0 aliphatic heterocycles. The van der Waals surface area contributed by atoms with Crippen LogP contribution in [0.2, 0.25) is 10.8 Å². The first-order chi connectivity index (χ1) is 23.8. The van der Waals surface area contributed by atoms with E-state index in [4.69, 9.17) is 28.8 Å². The van der Waals surface area contributed by atoms with Gasteiger partial charge in [0.2, 0.25) is 11.8 Å². The minimum absolute atomic E-state index is 0.117. The summed E-state index contributed by atoms with van der Waals surface area (Å²) in [6.45, 7) is 3.78. The number of nitrogens with one attached hydrogen (secondary N) is 2. The van der Waals surface area contributed by atoms with Crippen LogP contribution in [0.25, 0.3) is 11.1 Å². The molecule has 0 aromatic heterocycles. The van der Waals surface area contributed by atoms with Crippen LogP contribution in [0.1, 0.15) is 82.0 Å². The third-order valence-electron chi connectivity index (χ3n) is 8.76. The Morgan fingerprint density at radius 1 is 0.700 bits per heavy atom. The van der Waals surface area contributed by atoms with Crippen molar-refractivity contribution in [1.82, 2.24) is 10.6 Å². The predicted octanol–water partition coefficient (Wildman–Crippen LogP) is 2.80. The molecule has 0 spiro atoms. The minimum Gasteiger partial charge on any atom is -0.427 e. The molecule has 2 aromatic carbocycles. The molecule has 2 rings (SSSR count). The van der Waals surface area contributed by atoms with E-state index in [0.29, 0.717) is 55.8 Å². The van der Waals surface area contributed by atoms with Gasteiger partial charge >= 0.3 is 7.12 Å². The molecule has 0 aliphatic rings. The van der Waals surface area contributed by atoms with Crippen molar-refractivity contribution in [3.8, 4) is 11.1 Å². The molecule has 0 heterocycles. The van der Waals surface area contributed by atoms with Crippen LogP contribution in [0.15, 0.2) is 48.5 Å². The molecule has 0 radical (unpaired) electrons. The number of benzene rings is 2. The van der Waals surface area contributed by atoms with Gasteiger partial charge in [-0.2, -0.15) is 0 Å². The Bertz CT molecular complexity index is 1390. The monoisotopic (exact) mass is 713 g/mol. The highest BCUT2D eigenvalue weighted by Crippen LogP contribution is 2.23. The van der Waals surface area contributed by atoms with Gasteiger partial charge in [0.05, 0.1) is 18.0 Å². The zero-order chi connectivity index (χ0) is 37.2. The second-order valence-electron chi connectivity index (χ2n) is 13.0. The standard InChI is InChI=1S/C36H53BClN5O7/c1-23(35(47)42-31(8-4-6-18-40)34(46)20-24(2)37(49)50)19-33(45)30(7-3-5-17-39)43-36(48)28(22-41)21-32(44)27-11-9-25(10-12-27)26-13-15-29(38)16-14-26/h9-16,23-24,28,30-31,49-50H,3-8,17-22,39-41H2,1-2H3,(H,42,47)(H,43,48)/t23-,24-,28+,30+,31+/m1/s1. The van der Waals surface area contributed by atoms with Gasteiger partial charge in [-0.05, 0) is 80.7 Å². The van der Waals surface area contributed by atoms with Crippen LogP contribution in [0, 0.1) is 11.8 Å². The highest BCUT2D eigenvalue weighted by atomic mass is 35.5. The number of Topliss-reactive ketones (excluding diaryl/α,β-unsaturated/α-hetero) is 3. The number of carbonyl (C=O) groups is 5. The fraction of sp³-hybridized carbons (Fsp3) is 0.528. The van der Waals surface area contributed by atoms with Crippen LogP contribution < -0.4 is 27.8 Å². The Morgan fingerprint density at radius 3 is 1.66 bits per heavy atom. The lowest BCUT2D eigenvalue weighted by Gasteiger charge is -2.24. The number of ketones is 3. The van der Waals surface area contributed by atoms with E-state index in [-0.39, 0.29) is 49.6 Å². The van der Waals surface area contributed by atoms with Crippen LogP contribution in [-0.2, 0) is 19.2 Å². The molecular weight excluding hydrogens is 661 g/mol. The average molecular weight is 714 g/mol. The number of carbonyl (C=O) groups excluding carboxylic acids is 5. The minimum atomic E-state index is -1.67. The molecule has 5 atom stereocenters. The number of halogens is 1. The van der Waals surface area contributed by atoms with Crippen molar-refractivity contribution in [2.45, 2.75) is 89.5 Å². The van der Waals surface area contributed by atoms with E-state index in [1.54, 1.807) is 31.2 Å². The average Bonchev–Trinajstić information content (AvgIpc) is 3.09. The molecule has 12 nitrogen and oxygen atoms in total. The molecule has 274 valence electrons. The van der Waals surface area contributed by atoms with Crippen molar-refractivity contribution in [1.29, 1.82) is 0 Å². The van der Waals surface area contributed by atoms with Gasteiger partial charge in [-0.3, -0.25) is 24.0 Å². The summed E-state index contributed by atoms with van der Waals surface area (Å²) in [4.78, 5) is 66.1. The fourth-order valence-corrected chi connectivity index (χ4v) is 5.56. The molecule has 0 saturated heterocycles. The lowest BCUT2D eigenvalue weighted by Crippen LogP contribution is -2.47. The molecule has 0 aliphatic carbocycles. The molecule has 50 heavy (non-hydrogen) atoms. The summed E-state index contributed by atoms with van der Waals surface area (Å²) in [7, 11) is -1.67. The normalized spacial score (nSPS) is 14.2. The lowest BCUT2D eigenvalue weighted by atomic mass is 9.71. The number of hydrogen-bond donors (Lipinski definition) is 7. The van der Waals surface area contributed by atoms with Crippen LogP contribution in [0.4, 0.5) is 0 Å². The van der Waals surface area contributed by atoms with E-state index in [1.165, 1.54) is 6.92 Å². The highest BCUT2D eigenvalue weighted by Gasteiger charge is 2.31. The number of rotatable bonds is 24. The third-order valence-corrected chi connectivity index (χ3v) is 9.01. The quantitative estimate of drug-likeness (QED) is 0.0478. The van der Waals surface area contributed by atoms with Crippen LogP contribution in [0.3, 0.4) is 0 Å². The summed E-state index contributed by atoms with van der Waals surface area (Å²) >= 11 is 5.98. The molecule has 0 unspecified atom stereocenters. The number of amides is 2. The van der Waals surface area contributed by atoms with Crippen molar-refractivity contribution in [3.63, 3.8) is 0 Å². The summed E-state index contributed by atoms with van der Waals surface area (Å²) in [5.41, 5.74) is 19.4.